The third-order valence-electron chi connectivity index (χ3n) is 3.58. The number of hydrogen-bond acceptors (Lipinski definition) is 4. The summed E-state index contributed by atoms with van der Waals surface area (Å²) in [5.74, 6) is 0.476. The Labute approximate surface area is 123 Å². The lowest BCUT2D eigenvalue weighted by atomic mass is 10.1. The number of hydrogen-bond donors (Lipinski definition) is 2. The zero-order valence-corrected chi connectivity index (χ0v) is 12.2. The Morgan fingerprint density at radius 3 is 2.57 bits per heavy atom. The molecule has 0 saturated heterocycles. The van der Waals surface area contributed by atoms with Crippen LogP contribution in [0.25, 0.3) is 0 Å². The Kier molecular flexibility index (Phi) is 3.56. The van der Waals surface area contributed by atoms with Gasteiger partial charge in [0.05, 0.1) is 12.4 Å². The van der Waals surface area contributed by atoms with Gasteiger partial charge in [0, 0.05) is 11.7 Å². The van der Waals surface area contributed by atoms with Gasteiger partial charge < -0.3 is 10.6 Å². The molecule has 1 saturated carbocycles. The molecule has 0 bridgehead atoms. The number of carbonyl (C=O) groups excluding carboxylic acids is 1. The minimum absolute atomic E-state index is 0.150. The summed E-state index contributed by atoms with van der Waals surface area (Å²) in [7, 11) is 0. The molecule has 1 heterocycles. The van der Waals surface area contributed by atoms with E-state index in [1.54, 1.807) is 6.20 Å². The van der Waals surface area contributed by atoms with Crippen molar-refractivity contribution in [2.75, 3.05) is 5.32 Å². The quantitative estimate of drug-likeness (QED) is 0.905. The molecule has 2 N–H and O–H groups in total. The first-order chi connectivity index (χ1) is 10.1. The number of aromatic nitrogens is 2. The zero-order chi connectivity index (χ0) is 14.8. The molecule has 1 aromatic carbocycles. The minimum Gasteiger partial charge on any atom is -0.348 e. The molecule has 3 rings (SSSR count). The Hall–Kier alpha value is -2.43. The second-order valence-electron chi connectivity index (χ2n) is 5.46. The standard InChI is InChI=1S/C16H18N4O/c1-10-3-4-13(7-11(10)2)19-15-9-17-14(8-18-15)16(21)20-12-5-6-12/h3-4,7-9,12H,5-6H2,1-2H3,(H,18,19)(H,20,21). The van der Waals surface area contributed by atoms with E-state index in [9.17, 15) is 4.79 Å². The van der Waals surface area contributed by atoms with Crippen molar-refractivity contribution < 1.29 is 4.79 Å². The van der Waals surface area contributed by atoms with E-state index in [0.717, 1.165) is 18.5 Å². The van der Waals surface area contributed by atoms with Gasteiger partial charge in [-0.15, -0.1) is 0 Å². The number of anilines is 2. The van der Waals surface area contributed by atoms with E-state index in [2.05, 4.69) is 46.6 Å². The van der Waals surface area contributed by atoms with Crippen LogP contribution in [-0.2, 0) is 0 Å². The van der Waals surface area contributed by atoms with Gasteiger partial charge in [-0.25, -0.2) is 9.97 Å². The molecule has 2 aromatic rings. The molecule has 1 aromatic heterocycles. The lowest BCUT2D eigenvalue weighted by Gasteiger charge is -2.08. The lowest BCUT2D eigenvalue weighted by molar-refractivity contribution is 0.0945. The average Bonchev–Trinajstić information content (AvgIpc) is 3.28. The number of amides is 1. The molecule has 0 aliphatic heterocycles. The molecule has 5 nitrogen and oxygen atoms in total. The number of aryl methyl sites for hydroxylation is 2. The highest BCUT2D eigenvalue weighted by atomic mass is 16.2. The van der Waals surface area contributed by atoms with E-state index in [4.69, 9.17) is 0 Å². The van der Waals surface area contributed by atoms with Gasteiger partial charge in [0.15, 0.2) is 0 Å². The van der Waals surface area contributed by atoms with Gasteiger partial charge in [-0.1, -0.05) is 6.07 Å². The Morgan fingerprint density at radius 1 is 1.14 bits per heavy atom. The molecule has 1 amide bonds. The number of nitrogens with zero attached hydrogens (tertiary/aromatic N) is 2. The van der Waals surface area contributed by atoms with Crippen LogP contribution in [0.5, 0.6) is 0 Å². The fourth-order valence-electron chi connectivity index (χ4n) is 1.96. The monoisotopic (exact) mass is 282 g/mol. The van der Waals surface area contributed by atoms with E-state index < -0.39 is 0 Å². The highest BCUT2D eigenvalue weighted by molar-refractivity contribution is 5.92. The summed E-state index contributed by atoms with van der Waals surface area (Å²) in [6.45, 7) is 4.14. The molecule has 0 unspecified atom stereocenters. The predicted molar refractivity (Wildman–Crippen MR) is 81.7 cm³/mol. The Balaban J connectivity index is 1.68. The molecule has 1 fully saturated rings. The molecule has 0 spiro atoms. The molecular formula is C16H18N4O. The van der Waals surface area contributed by atoms with E-state index in [0.29, 0.717) is 17.6 Å². The highest BCUT2D eigenvalue weighted by Crippen LogP contribution is 2.20. The van der Waals surface area contributed by atoms with Crippen molar-refractivity contribution in [3.63, 3.8) is 0 Å². The fourth-order valence-corrected chi connectivity index (χ4v) is 1.96. The van der Waals surface area contributed by atoms with Gasteiger partial charge in [0.1, 0.15) is 11.5 Å². The first-order valence-electron chi connectivity index (χ1n) is 7.09. The molecule has 0 atom stereocenters. The first-order valence-corrected chi connectivity index (χ1v) is 7.09. The van der Waals surface area contributed by atoms with Crippen molar-refractivity contribution in [1.82, 2.24) is 15.3 Å². The summed E-state index contributed by atoms with van der Waals surface area (Å²) in [5.41, 5.74) is 3.78. The molecule has 5 heteroatoms. The summed E-state index contributed by atoms with van der Waals surface area (Å²) in [5, 5.41) is 6.08. The van der Waals surface area contributed by atoms with Crippen LogP contribution in [0.1, 0.15) is 34.5 Å². The van der Waals surface area contributed by atoms with Crippen LogP contribution in [0.4, 0.5) is 11.5 Å². The van der Waals surface area contributed by atoms with E-state index >= 15 is 0 Å². The zero-order valence-electron chi connectivity index (χ0n) is 12.2. The smallest absolute Gasteiger partial charge is 0.271 e. The van der Waals surface area contributed by atoms with Gasteiger partial charge >= 0.3 is 0 Å². The third-order valence-corrected chi connectivity index (χ3v) is 3.58. The van der Waals surface area contributed by atoms with Gasteiger partial charge in [0.2, 0.25) is 0 Å². The Morgan fingerprint density at radius 2 is 1.95 bits per heavy atom. The largest absolute Gasteiger partial charge is 0.348 e. The molecular weight excluding hydrogens is 264 g/mol. The molecule has 1 aliphatic rings. The van der Waals surface area contributed by atoms with Gasteiger partial charge in [-0.2, -0.15) is 0 Å². The maximum Gasteiger partial charge on any atom is 0.271 e. The second-order valence-corrected chi connectivity index (χ2v) is 5.46. The third kappa shape index (κ3) is 3.37. The van der Waals surface area contributed by atoms with Crippen molar-refractivity contribution in [3.05, 3.63) is 47.4 Å². The van der Waals surface area contributed by atoms with Crippen LogP contribution >= 0.6 is 0 Å². The van der Waals surface area contributed by atoms with Crippen LogP contribution in [0.3, 0.4) is 0 Å². The van der Waals surface area contributed by atoms with Gasteiger partial charge in [-0.05, 0) is 49.9 Å². The summed E-state index contributed by atoms with van der Waals surface area (Å²) < 4.78 is 0. The van der Waals surface area contributed by atoms with Crippen molar-refractivity contribution in [2.24, 2.45) is 0 Å². The maximum atomic E-state index is 11.8. The second kappa shape index (κ2) is 5.52. The first kappa shape index (κ1) is 13.5. The van der Waals surface area contributed by atoms with Crippen molar-refractivity contribution in [1.29, 1.82) is 0 Å². The van der Waals surface area contributed by atoms with Crippen molar-refractivity contribution >= 4 is 17.4 Å². The SMILES string of the molecule is Cc1ccc(Nc2cnc(C(=O)NC3CC3)cn2)cc1C. The van der Waals surface area contributed by atoms with E-state index in [1.807, 2.05) is 6.07 Å². The van der Waals surface area contributed by atoms with Gasteiger partial charge in [-0.3, -0.25) is 4.79 Å². The van der Waals surface area contributed by atoms with Crippen LogP contribution in [0.15, 0.2) is 30.6 Å². The molecule has 1 aliphatic carbocycles. The number of benzene rings is 1. The summed E-state index contributed by atoms with van der Waals surface area (Å²) in [6, 6.07) is 6.44. The lowest BCUT2D eigenvalue weighted by Crippen LogP contribution is -2.26. The predicted octanol–water partition coefficient (Wildman–Crippen LogP) is 2.73. The number of nitrogens with one attached hydrogen (secondary N) is 2. The van der Waals surface area contributed by atoms with E-state index in [-0.39, 0.29) is 5.91 Å². The average molecular weight is 282 g/mol. The summed E-state index contributed by atoms with van der Waals surface area (Å²) >= 11 is 0. The van der Waals surface area contributed by atoms with Crippen LogP contribution in [0.2, 0.25) is 0 Å². The van der Waals surface area contributed by atoms with Crippen molar-refractivity contribution in [3.8, 4) is 0 Å². The topological polar surface area (TPSA) is 66.9 Å². The minimum atomic E-state index is -0.150. The normalized spacial score (nSPS) is 13.8. The fraction of sp³-hybridized carbons (Fsp3) is 0.312. The number of rotatable bonds is 4. The number of carbonyl (C=O) groups is 1. The van der Waals surface area contributed by atoms with E-state index in [1.165, 1.54) is 17.3 Å². The summed E-state index contributed by atoms with van der Waals surface area (Å²) in [4.78, 5) is 20.2. The summed E-state index contributed by atoms with van der Waals surface area (Å²) in [6.07, 6.45) is 5.20. The van der Waals surface area contributed by atoms with Crippen LogP contribution in [-0.4, -0.2) is 21.9 Å². The van der Waals surface area contributed by atoms with Crippen LogP contribution < -0.4 is 10.6 Å². The maximum absolute atomic E-state index is 11.8. The molecule has 0 radical (unpaired) electrons. The van der Waals surface area contributed by atoms with Crippen LogP contribution in [0, 0.1) is 13.8 Å². The highest BCUT2D eigenvalue weighted by Gasteiger charge is 2.24. The van der Waals surface area contributed by atoms with Gasteiger partial charge in [0.25, 0.3) is 5.91 Å². The Bertz CT molecular complexity index is 662. The van der Waals surface area contributed by atoms with Crippen molar-refractivity contribution in [2.45, 2.75) is 32.7 Å². The molecule has 21 heavy (non-hydrogen) atoms. The molecule has 108 valence electrons.